The molecule has 0 bridgehead atoms. The molecule has 0 aliphatic heterocycles. The Kier molecular flexibility index (Phi) is 4.69. The number of hydrogen-bond donors (Lipinski definition) is 3. The van der Waals surface area contributed by atoms with Crippen LogP contribution >= 0.6 is 0 Å². The van der Waals surface area contributed by atoms with E-state index < -0.39 is 15.3 Å². The zero-order valence-corrected chi connectivity index (χ0v) is 11.1. The van der Waals surface area contributed by atoms with Crippen molar-refractivity contribution < 1.29 is 13.2 Å². The molecule has 0 aliphatic carbocycles. The molecule has 1 atom stereocenters. The van der Waals surface area contributed by atoms with Gasteiger partial charge in [-0.15, -0.1) is 0 Å². The fourth-order valence-corrected chi connectivity index (χ4v) is 2.22. The molecule has 1 aromatic rings. The van der Waals surface area contributed by atoms with Crippen molar-refractivity contribution in [2.75, 3.05) is 18.3 Å². The molecule has 1 unspecified atom stereocenters. The molecule has 4 N–H and O–H groups in total. The van der Waals surface area contributed by atoms with E-state index in [1.807, 2.05) is 0 Å². The summed E-state index contributed by atoms with van der Waals surface area (Å²) in [7, 11) is -2.10. The predicted octanol–water partition coefficient (Wildman–Crippen LogP) is 0.135. The highest BCUT2D eigenvalue weighted by atomic mass is 32.2. The highest BCUT2D eigenvalue weighted by Crippen LogP contribution is 2.17. The molecule has 0 saturated heterocycles. The number of hydrogen-bond acceptors (Lipinski definition) is 4. The van der Waals surface area contributed by atoms with Crippen LogP contribution in [0, 0.1) is 0 Å². The molecule has 0 heterocycles. The Morgan fingerprint density at radius 1 is 1.39 bits per heavy atom. The van der Waals surface area contributed by atoms with Crippen molar-refractivity contribution in [3.05, 3.63) is 29.8 Å². The van der Waals surface area contributed by atoms with Gasteiger partial charge in [-0.25, -0.2) is 8.42 Å². The number of benzene rings is 1. The molecular weight excluding hydrogens is 254 g/mol. The van der Waals surface area contributed by atoms with Gasteiger partial charge in [-0.2, -0.15) is 0 Å². The number of rotatable bonds is 5. The Hall–Kier alpha value is -1.60. The Morgan fingerprint density at radius 3 is 2.56 bits per heavy atom. The molecule has 1 aromatic carbocycles. The van der Waals surface area contributed by atoms with Gasteiger partial charge in [-0.3, -0.25) is 9.52 Å². The summed E-state index contributed by atoms with van der Waals surface area (Å²) in [6.45, 7) is 1.52. The SMILES string of the molecule is CNC(=O)c1ccccc1NS(=O)(=O)C(C)CN. The lowest BCUT2D eigenvalue weighted by atomic mass is 10.2. The number of sulfonamides is 1. The highest BCUT2D eigenvalue weighted by Gasteiger charge is 2.21. The van der Waals surface area contributed by atoms with E-state index in [2.05, 4.69) is 10.0 Å². The summed E-state index contributed by atoms with van der Waals surface area (Å²) in [4.78, 5) is 11.6. The summed E-state index contributed by atoms with van der Waals surface area (Å²) in [5.74, 6) is -0.353. The van der Waals surface area contributed by atoms with Gasteiger partial charge in [0.15, 0.2) is 0 Å². The molecule has 0 spiro atoms. The maximum absolute atomic E-state index is 11.9. The maximum Gasteiger partial charge on any atom is 0.253 e. The quantitative estimate of drug-likeness (QED) is 0.708. The molecule has 1 amide bonds. The van der Waals surface area contributed by atoms with Gasteiger partial charge in [0.25, 0.3) is 5.91 Å². The van der Waals surface area contributed by atoms with E-state index in [9.17, 15) is 13.2 Å². The molecule has 18 heavy (non-hydrogen) atoms. The lowest BCUT2D eigenvalue weighted by Crippen LogP contribution is -2.32. The average Bonchev–Trinajstić information content (AvgIpc) is 2.37. The third-order valence-electron chi connectivity index (χ3n) is 2.51. The predicted molar refractivity (Wildman–Crippen MR) is 70.9 cm³/mol. The normalized spacial score (nSPS) is 12.8. The van der Waals surface area contributed by atoms with Crippen LogP contribution in [0.15, 0.2) is 24.3 Å². The Bertz CT molecular complexity index is 528. The minimum atomic E-state index is -3.58. The van der Waals surface area contributed by atoms with E-state index in [1.165, 1.54) is 20.0 Å². The number of nitrogens with one attached hydrogen (secondary N) is 2. The fourth-order valence-electron chi connectivity index (χ4n) is 1.29. The van der Waals surface area contributed by atoms with Crippen molar-refractivity contribution in [2.24, 2.45) is 5.73 Å². The van der Waals surface area contributed by atoms with Crippen molar-refractivity contribution in [1.29, 1.82) is 0 Å². The number of carbonyl (C=O) groups is 1. The van der Waals surface area contributed by atoms with E-state index in [-0.39, 0.29) is 23.7 Å². The van der Waals surface area contributed by atoms with Crippen LogP contribution in [0.4, 0.5) is 5.69 Å². The molecule has 1 rings (SSSR count). The standard InChI is InChI=1S/C11H17N3O3S/c1-8(7-12)18(16,17)14-10-6-4-3-5-9(10)11(15)13-2/h3-6,8,14H,7,12H2,1-2H3,(H,13,15). The first-order chi connectivity index (χ1) is 8.42. The molecule has 0 saturated carbocycles. The third-order valence-corrected chi connectivity index (χ3v) is 4.27. The highest BCUT2D eigenvalue weighted by molar-refractivity contribution is 7.93. The van der Waals surface area contributed by atoms with Crippen LogP contribution in [0.1, 0.15) is 17.3 Å². The Morgan fingerprint density at radius 2 is 2.00 bits per heavy atom. The lowest BCUT2D eigenvalue weighted by Gasteiger charge is -2.15. The fraction of sp³-hybridized carbons (Fsp3) is 0.364. The zero-order chi connectivity index (χ0) is 13.8. The zero-order valence-electron chi connectivity index (χ0n) is 10.3. The van der Waals surface area contributed by atoms with Crippen LogP contribution in [0.25, 0.3) is 0 Å². The van der Waals surface area contributed by atoms with Gasteiger partial charge in [0.05, 0.1) is 16.5 Å². The molecule has 0 fully saturated rings. The summed E-state index contributed by atoms with van der Waals surface area (Å²) in [6, 6.07) is 6.39. The van der Waals surface area contributed by atoms with Gasteiger partial charge >= 0.3 is 0 Å². The van der Waals surface area contributed by atoms with Crippen molar-refractivity contribution in [3.8, 4) is 0 Å². The summed E-state index contributed by atoms with van der Waals surface area (Å²) in [5.41, 5.74) is 5.86. The molecule has 100 valence electrons. The minimum Gasteiger partial charge on any atom is -0.355 e. The molecule has 0 radical (unpaired) electrons. The summed E-state index contributed by atoms with van der Waals surface area (Å²) >= 11 is 0. The Balaban J connectivity index is 3.09. The summed E-state index contributed by atoms with van der Waals surface area (Å²) < 4.78 is 26.1. The molecule has 7 heteroatoms. The van der Waals surface area contributed by atoms with Crippen LogP contribution < -0.4 is 15.8 Å². The number of nitrogens with two attached hydrogens (primary N) is 1. The van der Waals surface area contributed by atoms with Crippen molar-refractivity contribution in [1.82, 2.24) is 5.32 Å². The first kappa shape index (κ1) is 14.5. The molecule has 0 aliphatic rings. The van der Waals surface area contributed by atoms with Gasteiger partial charge in [-0.05, 0) is 19.1 Å². The average molecular weight is 271 g/mol. The largest absolute Gasteiger partial charge is 0.355 e. The van der Waals surface area contributed by atoms with Crippen LogP contribution in [0.5, 0.6) is 0 Å². The summed E-state index contributed by atoms with van der Waals surface area (Å²) in [5, 5.41) is 1.73. The lowest BCUT2D eigenvalue weighted by molar-refractivity contribution is 0.0964. The number of carbonyl (C=O) groups excluding carboxylic acids is 1. The second kappa shape index (κ2) is 5.83. The van der Waals surface area contributed by atoms with Crippen LogP contribution in [0.3, 0.4) is 0 Å². The van der Waals surface area contributed by atoms with Crippen LogP contribution in [-0.4, -0.2) is 33.2 Å². The van der Waals surface area contributed by atoms with Gasteiger partial charge < -0.3 is 11.1 Å². The number of para-hydroxylation sites is 1. The monoisotopic (exact) mass is 271 g/mol. The van der Waals surface area contributed by atoms with Gasteiger partial charge in [0.2, 0.25) is 10.0 Å². The number of amides is 1. The second-order valence-corrected chi connectivity index (χ2v) is 5.92. The van der Waals surface area contributed by atoms with Crippen molar-refractivity contribution in [2.45, 2.75) is 12.2 Å². The van der Waals surface area contributed by atoms with E-state index in [0.717, 1.165) is 0 Å². The van der Waals surface area contributed by atoms with Gasteiger partial charge in [0.1, 0.15) is 0 Å². The van der Waals surface area contributed by atoms with Crippen molar-refractivity contribution >= 4 is 21.6 Å². The van der Waals surface area contributed by atoms with Gasteiger partial charge in [0, 0.05) is 13.6 Å². The second-order valence-electron chi connectivity index (χ2n) is 3.82. The number of anilines is 1. The van der Waals surface area contributed by atoms with Gasteiger partial charge in [-0.1, -0.05) is 12.1 Å². The minimum absolute atomic E-state index is 0.0114. The first-order valence-electron chi connectivity index (χ1n) is 5.45. The van der Waals surface area contributed by atoms with E-state index in [0.29, 0.717) is 0 Å². The van der Waals surface area contributed by atoms with E-state index >= 15 is 0 Å². The molecule has 0 aromatic heterocycles. The first-order valence-corrected chi connectivity index (χ1v) is 6.99. The van der Waals surface area contributed by atoms with Crippen LogP contribution in [-0.2, 0) is 10.0 Å². The third kappa shape index (κ3) is 3.21. The van der Waals surface area contributed by atoms with E-state index in [4.69, 9.17) is 5.73 Å². The van der Waals surface area contributed by atoms with Crippen molar-refractivity contribution in [3.63, 3.8) is 0 Å². The molecular formula is C11H17N3O3S. The molecule has 6 nitrogen and oxygen atoms in total. The van der Waals surface area contributed by atoms with Crippen LogP contribution in [0.2, 0.25) is 0 Å². The maximum atomic E-state index is 11.9. The summed E-state index contributed by atoms with van der Waals surface area (Å²) in [6.07, 6.45) is 0. The van der Waals surface area contributed by atoms with E-state index in [1.54, 1.807) is 18.2 Å². The smallest absolute Gasteiger partial charge is 0.253 e. The topological polar surface area (TPSA) is 101 Å². The Labute approximate surface area is 107 Å².